The number of H-pyrrole nitrogens is 1. The molecule has 0 saturated heterocycles. The fourth-order valence-electron chi connectivity index (χ4n) is 3.28. The lowest BCUT2D eigenvalue weighted by atomic mass is 10.0. The summed E-state index contributed by atoms with van der Waals surface area (Å²) in [6.07, 6.45) is -4.65. The van der Waals surface area contributed by atoms with Gasteiger partial charge in [0.2, 0.25) is 5.91 Å². The van der Waals surface area contributed by atoms with E-state index in [4.69, 9.17) is 0 Å². The lowest BCUT2D eigenvalue weighted by Crippen LogP contribution is -2.13. The Hall–Kier alpha value is -3.76. The SMILES string of the molecule is O=C(CCc1c(-c2ccc(F)cc2)[nH]c2c(F)cc(F)cc12)Nc1nc(C(F)(F)F)co1. The van der Waals surface area contributed by atoms with Gasteiger partial charge in [0, 0.05) is 23.6 Å². The van der Waals surface area contributed by atoms with Crippen LogP contribution in [0.25, 0.3) is 22.2 Å². The van der Waals surface area contributed by atoms with E-state index >= 15 is 0 Å². The molecular weight excluding hydrogens is 440 g/mol. The molecule has 0 fully saturated rings. The number of anilines is 1. The lowest BCUT2D eigenvalue weighted by Gasteiger charge is -2.06. The highest BCUT2D eigenvalue weighted by Gasteiger charge is 2.35. The number of aryl methyl sites for hydroxylation is 1. The number of fused-ring (bicyclic) bond motifs is 1. The third-order valence-electron chi connectivity index (χ3n) is 4.71. The van der Waals surface area contributed by atoms with Crippen LogP contribution in [0.2, 0.25) is 0 Å². The molecular formula is C21H13F6N3O2. The second kappa shape index (κ2) is 8.06. The molecule has 2 aromatic carbocycles. The van der Waals surface area contributed by atoms with Crippen molar-refractivity contribution in [3.63, 3.8) is 0 Å². The van der Waals surface area contributed by atoms with Gasteiger partial charge in [-0.25, -0.2) is 13.2 Å². The van der Waals surface area contributed by atoms with Gasteiger partial charge in [0.1, 0.15) is 23.7 Å². The van der Waals surface area contributed by atoms with E-state index < -0.39 is 41.2 Å². The molecule has 2 heterocycles. The molecule has 0 atom stereocenters. The van der Waals surface area contributed by atoms with Crippen LogP contribution in [-0.2, 0) is 17.4 Å². The molecule has 0 aliphatic heterocycles. The Kier molecular flexibility index (Phi) is 5.41. The Morgan fingerprint density at radius 1 is 1.06 bits per heavy atom. The van der Waals surface area contributed by atoms with Crippen molar-refractivity contribution in [2.75, 3.05) is 5.32 Å². The van der Waals surface area contributed by atoms with Crippen LogP contribution >= 0.6 is 0 Å². The number of amides is 1. The quantitative estimate of drug-likeness (QED) is 0.374. The number of halogens is 6. The van der Waals surface area contributed by atoms with Gasteiger partial charge in [-0.05, 0) is 47.9 Å². The van der Waals surface area contributed by atoms with Gasteiger partial charge >= 0.3 is 12.2 Å². The molecule has 1 amide bonds. The third-order valence-corrected chi connectivity index (χ3v) is 4.71. The zero-order valence-corrected chi connectivity index (χ0v) is 16.0. The van der Waals surface area contributed by atoms with Gasteiger partial charge < -0.3 is 9.40 Å². The average Bonchev–Trinajstić information content (AvgIpc) is 3.32. The molecule has 2 N–H and O–H groups in total. The fourth-order valence-corrected chi connectivity index (χ4v) is 3.28. The minimum atomic E-state index is -4.73. The van der Waals surface area contributed by atoms with E-state index in [2.05, 4.69) is 19.7 Å². The second-order valence-corrected chi connectivity index (χ2v) is 6.88. The van der Waals surface area contributed by atoms with Crippen molar-refractivity contribution in [2.45, 2.75) is 19.0 Å². The second-order valence-electron chi connectivity index (χ2n) is 6.88. The molecule has 0 bridgehead atoms. The number of hydrogen-bond donors (Lipinski definition) is 2. The van der Waals surface area contributed by atoms with E-state index in [1.165, 1.54) is 24.3 Å². The Morgan fingerprint density at radius 2 is 1.78 bits per heavy atom. The van der Waals surface area contributed by atoms with Gasteiger partial charge in [-0.15, -0.1) is 0 Å². The summed E-state index contributed by atoms with van der Waals surface area (Å²) in [5.41, 5.74) is -0.0886. The molecule has 4 aromatic rings. The van der Waals surface area contributed by atoms with E-state index in [0.717, 1.165) is 6.07 Å². The number of carbonyl (C=O) groups excluding carboxylic acids is 1. The molecule has 11 heteroatoms. The number of aromatic nitrogens is 2. The first-order chi connectivity index (χ1) is 15.1. The number of rotatable bonds is 5. The summed E-state index contributed by atoms with van der Waals surface area (Å²) in [4.78, 5) is 18.2. The van der Waals surface area contributed by atoms with E-state index in [0.29, 0.717) is 29.2 Å². The number of alkyl halides is 3. The fraction of sp³-hybridized carbons (Fsp3) is 0.143. The van der Waals surface area contributed by atoms with Crippen LogP contribution in [0, 0.1) is 17.5 Å². The van der Waals surface area contributed by atoms with Crippen LogP contribution in [0.1, 0.15) is 17.7 Å². The van der Waals surface area contributed by atoms with Crippen molar-refractivity contribution in [1.82, 2.24) is 9.97 Å². The van der Waals surface area contributed by atoms with Crippen molar-refractivity contribution in [3.8, 4) is 11.3 Å². The van der Waals surface area contributed by atoms with Gasteiger partial charge in [0.05, 0.1) is 5.52 Å². The van der Waals surface area contributed by atoms with Crippen molar-refractivity contribution in [1.29, 1.82) is 0 Å². The third kappa shape index (κ3) is 4.32. The summed E-state index contributed by atoms with van der Waals surface area (Å²) < 4.78 is 83.8. The number of nitrogens with zero attached hydrogens (tertiary/aromatic N) is 1. The number of nitrogens with one attached hydrogen (secondary N) is 2. The molecule has 166 valence electrons. The van der Waals surface area contributed by atoms with Crippen molar-refractivity contribution < 1.29 is 35.6 Å². The number of oxazole rings is 1. The molecule has 0 aliphatic rings. The van der Waals surface area contributed by atoms with E-state index in [1.54, 1.807) is 0 Å². The molecule has 0 aliphatic carbocycles. The minimum Gasteiger partial charge on any atom is -0.431 e. The first-order valence-corrected chi connectivity index (χ1v) is 9.20. The summed E-state index contributed by atoms with van der Waals surface area (Å²) in [5, 5.41) is 2.30. The Labute approximate surface area is 176 Å². The first-order valence-electron chi connectivity index (χ1n) is 9.20. The lowest BCUT2D eigenvalue weighted by molar-refractivity contribution is -0.141. The van der Waals surface area contributed by atoms with Crippen LogP contribution < -0.4 is 5.32 Å². The monoisotopic (exact) mass is 453 g/mol. The van der Waals surface area contributed by atoms with E-state index in [-0.39, 0.29) is 23.7 Å². The van der Waals surface area contributed by atoms with Crippen molar-refractivity contribution >= 4 is 22.8 Å². The van der Waals surface area contributed by atoms with Gasteiger partial charge in [0.15, 0.2) is 5.69 Å². The van der Waals surface area contributed by atoms with Crippen molar-refractivity contribution in [3.05, 3.63) is 71.4 Å². The van der Waals surface area contributed by atoms with Crippen molar-refractivity contribution in [2.24, 2.45) is 0 Å². The summed E-state index contributed by atoms with van der Waals surface area (Å²) in [5.74, 6) is -2.90. The maximum absolute atomic E-state index is 14.3. The zero-order chi connectivity index (χ0) is 23.0. The highest BCUT2D eigenvalue weighted by molar-refractivity contribution is 5.93. The minimum absolute atomic E-state index is 0.00338. The topological polar surface area (TPSA) is 70.9 Å². The molecule has 4 rings (SSSR count). The summed E-state index contributed by atoms with van der Waals surface area (Å²) in [6, 6.07) is 6.41. The number of aromatic amines is 1. The largest absolute Gasteiger partial charge is 0.436 e. The predicted molar refractivity (Wildman–Crippen MR) is 102 cm³/mol. The highest BCUT2D eigenvalue weighted by atomic mass is 19.4. The van der Waals surface area contributed by atoms with Gasteiger partial charge in [-0.3, -0.25) is 10.1 Å². The summed E-state index contributed by atoms with van der Waals surface area (Å²) >= 11 is 0. The van der Waals surface area contributed by atoms with Crippen LogP contribution in [0.3, 0.4) is 0 Å². The smallest absolute Gasteiger partial charge is 0.431 e. The van der Waals surface area contributed by atoms with Crippen LogP contribution in [-0.4, -0.2) is 15.9 Å². The van der Waals surface area contributed by atoms with Gasteiger partial charge in [-0.1, -0.05) is 0 Å². The van der Waals surface area contributed by atoms with Gasteiger partial charge in [-0.2, -0.15) is 18.2 Å². The van der Waals surface area contributed by atoms with E-state index in [1.807, 2.05) is 0 Å². The number of hydrogen-bond acceptors (Lipinski definition) is 3. The van der Waals surface area contributed by atoms with Gasteiger partial charge in [0.25, 0.3) is 0 Å². The molecule has 2 aromatic heterocycles. The summed E-state index contributed by atoms with van der Waals surface area (Å²) in [6.45, 7) is 0. The Bertz CT molecular complexity index is 1290. The van der Waals surface area contributed by atoms with Crippen LogP contribution in [0.15, 0.2) is 47.1 Å². The molecule has 0 spiro atoms. The molecule has 0 radical (unpaired) electrons. The Balaban J connectivity index is 1.61. The Morgan fingerprint density at radius 3 is 2.44 bits per heavy atom. The highest BCUT2D eigenvalue weighted by Crippen LogP contribution is 2.34. The molecule has 5 nitrogen and oxygen atoms in total. The number of carbonyl (C=O) groups is 1. The van der Waals surface area contributed by atoms with E-state index in [9.17, 15) is 31.1 Å². The maximum Gasteiger partial charge on any atom is 0.436 e. The predicted octanol–water partition coefficient (Wildman–Crippen LogP) is 5.83. The van der Waals surface area contributed by atoms with Crippen LogP contribution in [0.4, 0.5) is 32.4 Å². The number of benzene rings is 2. The van der Waals surface area contributed by atoms with Crippen LogP contribution in [0.5, 0.6) is 0 Å². The standard InChI is InChI=1S/C21H13F6N3O2/c22-11-3-1-10(2-4-11)18-13(14-7-12(23)8-15(24)19(14)30-18)5-6-17(31)29-20-28-16(9-32-20)21(25,26)27/h1-4,7-9,30H,5-6H2,(H,28,29,31). The average molecular weight is 453 g/mol. The zero-order valence-electron chi connectivity index (χ0n) is 16.0. The normalized spacial score (nSPS) is 11.8. The molecule has 32 heavy (non-hydrogen) atoms. The molecule has 0 unspecified atom stereocenters. The summed E-state index contributed by atoms with van der Waals surface area (Å²) in [7, 11) is 0. The maximum atomic E-state index is 14.3. The first kappa shape index (κ1) is 21.5. The molecule has 0 saturated carbocycles.